The summed E-state index contributed by atoms with van der Waals surface area (Å²) in [4.78, 5) is 32.6. The summed E-state index contributed by atoms with van der Waals surface area (Å²) < 4.78 is 25.6. The van der Waals surface area contributed by atoms with E-state index < -0.39 is 21.8 Å². The van der Waals surface area contributed by atoms with Crippen LogP contribution in [0.25, 0.3) is 17.1 Å². The summed E-state index contributed by atoms with van der Waals surface area (Å²) in [5.41, 5.74) is 2.23. The minimum absolute atomic E-state index is 0.129. The number of nitrogens with zero attached hydrogens (tertiary/aromatic N) is 5. The second-order valence-electron chi connectivity index (χ2n) is 6.61. The van der Waals surface area contributed by atoms with Gasteiger partial charge < -0.3 is 10.6 Å². The van der Waals surface area contributed by atoms with Gasteiger partial charge in [-0.2, -0.15) is 5.10 Å². The Balaban J connectivity index is 1.34. The number of thiazole rings is 1. The average Bonchev–Trinajstić information content (AvgIpc) is 3.52. The first-order valence-electron chi connectivity index (χ1n) is 9.18. The molecule has 13 heteroatoms. The van der Waals surface area contributed by atoms with Crippen molar-refractivity contribution in [1.29, 1.82) is 0 Å². The number of hydrogen-bond acceptors (Lipinski definition) is 8. The Morgan fingerprint density at radius 1 is 1.09 bits per heavy atom. The van der Waals surface area contributed by atoms with Crippen molar-refractivity contribution in [2.75, 3.05) is 18.1 Å². The topological polar surface area (TPSA) is 141 Å². The van der Waals surface area contributed by atoms with E-state index >= 15 is 0 Å². The SMILES string of the molecule is CS(=O)(=O)n1ccc(C(=O)NCC(=O)Nc2nc(-c3ccn(-c4ccncc4)n3)cs2)c1. The van der Waals surface area contributed by atoms with Crippen molar-refractivity contribution in [1.82, 2.24) is 29.0 Å². The van der Waals surface area contributed by atoms with E-state index in [9.17, 15) is 18.0 Å². The van der Waals surface area contributed by atoms with Crippen molar-refractivity contribution in [3.8, 4) is 17.1 Å². The van der Waals surface area contributed by atoms with Crippen molar-refractivity contribution in [3.05, 3.63) is 66.2 Å². The highest BCUT2D eigenvalue weighted by Crippen LogP contribution is 2.24. The normalized spacial score (nSPS) is 11.3. The van der Waals surface area contributed by atoms with E-state index in [1.807, 2.05) is 18.2 Å². The number of nitrogens with one attached hydrogen (secondary N) is 2. The molecule has 0 bridgehead atoms. The summed E-state index contributed by atoms with van der Waals surface area (Å²) in [6.07, 6.45) is 8.61. The van der Waals surface area contributed by atoms with Gasteiger partial charge in [-0.1, -0.05) is 0 Å². The van der Waals surface area contributed by atoms with Crippen LogP contribution in [-0.4, -0.2) is 56.8 Å². The number of anilines is 1. The van der Waals surface area contributed by atoms with Crippen LogP contribution in [0.5, 0.6) is 0 Å². The van der Waals surface area contributed by atoms with Crippen molar-refractivity contribution < 1.29 is 18.0 Å². The Hall–Kier alpha value is -3.84. The molecule has 0 atom stereocenters. The van der Waals surface area contributed by atoms with E-state index in [4.69, 9.17) is 0 Å². The Kier molecular flexibility index (Phi) is 5.83. The molecule has 0 radical (unpaired) electrons. The third-order valence-corrected chi connectivity index (χ3v) is 6.00. The summed E-state index contributed by atoms with van der Waals surface area (Å²) in [5, 5.41) is 11.7. The summed E-state index contributed by atoms with van der Waals surface area (Å²) in [6, 6.07) is 6.82. The summed E-state index contributed by atoms with van der Waals surface area (Å²) in [5.74, 6) is -1.03. The van der Waals surface area contributed by atoms with Crippen molar-refractivity contribution in [2.24, 2.45) is 0 Å². The lowest BCUT2D eigenvalue weighted by atomic mass is 10.3. The van der Waals surface area contributed by atoms with Crippen LogP contribution in [0.1, 0.15) is 10.4 Å². The van der Waals surface area contributed by atoms with Gasteiger partial charge in [0, 0.05) is 36.4 Å². The molecular formula is C19H17N7O4S2. The zero-order valence-corrected chi connectivity index (χ0v) is 18.3. The number of rotatable bonds is 7. The molecule has 2 N–H and O–H groups in total. The molecule has 0 spiro atoms. The highest BCUT2D eigenvalue weighted by atomic mass is 32.2. The third-order valence-electron chi connectivity index (χ3n) is 4.25. The molecule has 0 fully saturated rings. The van der Waals surface area contributed by atoms with Gasteiger partial charge in [-0.05, 0) is 24.3 Å². The van der Waals surface area contributed by atoms with Gasteiger partial charge in [0.25, 0.3) is 5.91 Å². The van der Waals surface area contributed by atoms with Crippen LogP contribution in [0.3, 0.4) is 0 Å². The Morgan fingerprint density at radius 3 is 2.59 bits per heavy atom. The highest BCUT2D eigenvalue weighted by Gasteiger charge is 2.14. The highest BCUT2D eigenvalue weighted by molar-refractivity contribution is 7.89. The molecule has 0 aliphatic carbocycles. The Bertz CT molecular complexity index is 1370. The van der Waals surface area contributed by atoms with Crippen molar-refractivity contribution in [2.45, 2.75) is 0 Å². The number of aromatic nitrogens is 5. The van der Waals surface area contributed by atoms with E-state index in [-0.39, 0.29) is 12.1 Å². The molecule has 4 rings (SSSR count). The van der Waals surface area contributed by atoms with Crippen LogP contribution in [0.15, 0.2) is 60.6 Å². The minimum atomic E-state index is -3.48. The fraction of sp³-hybridized carbons (Fsp3) is 0.105. The lowest BCUT2D eigenvalue weighted by Crippen LogP contribution is -2.32. The zero-order valence-electron chi connectivity index (χ0n) is 16.7. The summed E-state index contributed by atoms with van der Waals surface area (Å²) >= 11 is 1.23. The van der Waals surface area contributed by atoms with Crippen molar-refractivity contribution >= 4 is 38.3 Å². The number of hydrogen-bond donors (Lipinski definition) is 2. The monoisotopic (exact) mass is 471 g/mol. The molecule has 11 nitrogen and oxygen atoms in total. The molecule has 0 aromatic carbocycles. The number of pyridine rings is 1. The van der Waals surface area contributed by atoms with Gasteiger partial charge >= 0.3 is 0 Å². The first-order valence-corrected chi connectivity index (χ1v) is 11.9. The molecule has 0 aliphatic rings. The van der Waals surface area contributed by atoms with Gasteiger partial charge in [-0.15, -0.1) is 11.3 Å². The van der Waals surface area contributed by atoms with Crippen LogP contribution in [0.2, 0.25) is 0 Å². The molecule has 0 aliphatic heterocycles. The number of carbonyl (C=O) groups is 2. The summed E-state index contributed by atoms with van der Waals surface area (Å²) in [7, 11) is -3.48. The molecule has 0 saturated carbocycles. The smallest absolute Gasteiger partial charge is 0.253 e. The molecule has 0 saturated heterocycles. The molecule has 4 heterocycles. The maximum Gasteiger partial charge on any atom is 0.253 e. The van der Waals surface area contributed by atoms with E-state index in [1.54, 1.807) is 28.7 Å². The second-order valence-corrected chi connectivity index (χ2v) is 9.36. The summed E-state index contributed by atoms with van der Waals surface area (Å²) in [6.45, 7) is -0.297. The largest absolute Gasteiger partial charge is 0.343 e. The molecule has 4 aromatic rings. The van der Waals surface area contributed by atoms with Crippen LogP contribution < -0.4 is 10.6 Å². The predicted molar refractivity (Wildman–Crippen MR) is 118 cm³/mol. The fourth-order valence-electron chi connectivity index (χ4n) is 2.69. The van der Waals surface area contributed by atoms with E-state index in [1.165, 1.54) is 29.8 Å². The Morgan fingerprint density at radius 2 is 1.88 bits per heavy atom. The van der Waals surface area contributed by atoms with Gasteiger partial charge in [0.05, 0.1) is 24.1 Å². The van der Waals surface area contributed by atoms with Crippen molar-refractivity contribution in [3.63, 3.8) is 0 Å². The van der Waals surface area contributed by atoms with Crippen LogP contribution in [0.4, 0.5) is 5.13 Å². The third kappa shape index (κ3) is 4.90. The first-order chi connectivity index (χ1) is 15.3. The van der Waals surface area contributed by atoms with Gasteiger partial charge in [0.15, 0.2) is 5.13 Å². The maximum atomic E-state index is 12.2. The maximum absolute atomic E-state index is 12.2. The predicted octanol–water partition coefficient (Wildman–Crippen LogP) is 1.37. The molecule has 0 unspecified atom stereocenters. The average molecular weight is 472 g/mol. The molecule has 4 aromatic heterocycles. The zero-order chi connectivity index (χ0) is 22.7. The standard InChI is InChI=1S/C19H17N7O4S2/c1-32(29,30)25-8-4-13(11-25)18(28)21-10-17(27)23-19-22-16(12-31-19)15-5-9-26(24-15)14-2-6-20-7-3-14/h2-9,11-12H,10H2,1H3,(H,21,28)(H,22,23,27). The van der Waals surface area contributed by atoms with Gasteiger partial charge in [-0.25, -0.2) is 18.1 Å². The first kappa shape index (κ1) is 21.4. The lowest BCUT2D eigenvalue weighted by molar-refractivity contribution is -0.115. The molecule has 164 valence electrons. The van der Waals surface area contributed by atoms with Crippen LogP contribution in [0, 0.1) is 0 Å². The van der Waals surface area contributed by atoms with Crippen LogP contribution in [-0.2, 0) is 14.8 Å². The molecular weight excluding hydrogens is 454 g/mol. The lowest BCUT2D eigenvalue weighted by Gasteiger charge is -2.04. The van der Waals surface area contributed by atoms with Gasteiger partial charge in [-0.3, -0.25) is 18.5 Å². The number of carbonyl (C=O) groups excluding carboxylic acids is 2. The van der Waals surface area contributed by atoms with E-state index in [2.05, 4.69) is 25.7 Å². The van der Waals surface area contributed by atoms with E-state index in [0.717, 1.165) is 15.9 Å². The molecule has 2 amide bonds. The minimum Gasteiger partial charge on any atom is -0.343 e. The number of amides is 2. The Labute approximate surface area is 186 Å². The van der Waals surface area contributed by atoms with Crippen LogP contribution >= 0.6 is 11.3 Å². The quantitative estimate of drug-likeness (QED) is 0.415. The van der Waals surface area contributed by atoms with Gasteiger partial charge in [0.1, 0.15) is 11.4 Å². The van der Waals surface area contributed by atoms with Gasteiger partial charge in [0.2, 0.25) is 15.9 Å². The fourth-order valence-corrected chi connectivity index (χ4v) is 4.00. The van der Waals surface area contributed by atoms with E-state index in [0.29, 0.717) is 16.5 Å². The molecule has 32 heavy (non-hydrogen) atoms. The second kappa shape index (κ2) is 8.72.